The third-order valence-electron chi connectivity index (χ3n) is 4.85. The normalized spacial score (nSPS) is 25.5. The van der Waals surface area contributed by atoms with Gasteiger partial charge >= 0.3 is 0 Å². The van der Waals surface area contributed by atoms with Gasteiger partial charge in [-0.2, -0.15) is 0 Å². The van der Waals surface area contributed by atoms with Gasteiger partial charge in [-0.1, -0.05) is 32.1 Å². The highest BCUT2D eigenvalue weighted by Gasteiger charge is 2.43. The molecule has 0 radical (unpaired) electrons. The number of aliphatic imine (C=N–C) groups is 1. The smallest absolute Gasteiger partial charge is 0.191 e. The molecule has 4 nitrogen and oxygen atoms in total. The molecule has 130 valence electrons. The van der Waals surface area contributed by atoms with Crippen LogP contribution in [-0.4, -0.2) is 38.8 Å². The Labute approximate surface area is 153 Å². The first-order valence-electron chi connectivity index (χ1n) is 8.90. The van der Waals surface area contributed by atoms with Crippen LogP contribution < -0.4 is 10.6 Å². The van der Waals surface area contributed by atoms with Gasteiger partial charge in [-0.05, 0) is 38.0 Å². The Morgan fingerprint density at radius 1 is 1.18 bits per heavy atom. The second kappa shape index (κ2) is 11.5. The first-order chi connectivity index (χ1) is 10.3. The molecule has 0 aromatic heterocycles. The quantitative estimate of drug-likeness (QED) is 0.272. The Kier molecular flexibility index (Phi) is 10.4. The molecule has 0 amide bonds. The van der Waals surface area contributed by atoms with Crippen LogP contribution in [0.5, 0.6) is 0 Å². The van der Waals surface area contributed by atoms with Gasteiger partial charge in [0.15, 0.2) is 5.96 Å². The highest BCUT2D eigenvalue weighted by atomic mass is 127. The number of guanidine groups is 1. The molecule has 2 aliphatic carbocycles. The molecule has 2 unspecified atom stereocenters. The van der Waals surface area contributed by atoms with Crippen molar-refractivity contribution in [3.05, 3.63) is 0 Å². The summed E-state index contributed by atoms with van der Waals surface area (Å²) in [4.78, 5) is 4.34. The summed E-state index contributed by atoms with van der Waals surface area (Å²) < 4.78 is 5.35. The van der Waals surface area contributed by atoms with Crippen molar-refractivity contribution in [1.82, 2.24) is 10.6 Å². The zero-order valence-electron chi connectivity index (χ0n) is 14.3. The Balaban J connectivity index is 0.00000242. The van der Waals surface area contributed by atoms with Crippen LogP contribution >= 0.6 is 24.0 Å². The van der Waals surface area contributed by atoms with Crippen LogP contribution in [0, 0.1) is 11.8 Å². The van der Waals surface area contributed by atoms with Gasteiger partial charge < -0.3 is 15.4 Å². The number of nitrogens with one attached hydrogen (secondary N) is 2. The van der Waals surface area contributed by atoms with Crippen molar-refractivity contribution in [1.29, 1.82) is 0 Å². The first-order valence-corrected chi connectivity index (χ1v) is 8.90. The van der Waals surface area contributed by atoms with E-state index in [0.29, 0.717) is 6.04 Å². The molecule has 0 heterocycles. The van der Waals surface area contributed by atoms with Crippen molar-refractivity contribution in [3.8, 4) is 0 Å². The molecule has 0 aliphatic heterocycles. The van der Waals surface area contributed by atoms with Crippen molar-refractivity contribution in [3.63, 3.8) is 0 Å². The maximum absolute atomic E-state index is 5.35. The minimum absolute atomic E-state index is 0. The zero-order valence-corrected chi connectivity index (χ0v) is 16.6. The third-order valence-corrected chi connectivity index (χ3v) is 4.85. The highest BCUT2D eigenvalue weighted by Crippen LogP contribution is 2.44. The van der Waals surface area contributed by atoms with Gasteiger partial charge in [0.05, 0.1) is 0 Å². The summed E-state index contributed by atoms with van der Waals surface area (Å²) in [6.45, 7) is 4.72. The van der Waals surface area contributed by atoms with Crippen LogP contribution in [-0.2, 0) is 4.74 Å². The molecule has 0 aromatic carbocycles. The maximum Gasteiger partial charge on any atom is 0.191 e. The van der Waals surface area contributed by atoms with E-state index in [1.54, 1.807) is 0 Å². The molecule has 2 rings (SSSR count). The lowest BCUT2D eigenvalue weighted by Crippen LogP contribution is -2.40. The Morgan fingerprint density at radius 3 is 2.64 bits per heavy atom. The molecule has 0 aromatic rings. The third kappa shape index (κ3) is 7.02. The van der Waals surface area contributed by atoms with Gasteiger partial charge in [-0.3, -0.25) is 4.99 Å². The summed E-state index contributed by atoms with van der Waals surface area (Å²) in [6, 6.07) is 0.669. The first kappa shape index (κ1) is 20.0. The fourth-order valence-electron chi connectivity index (χ4n) is 3.51. The van der Waals surface area contributed by atoms with Gasteiger partial charge in [0.25, 0.3) is 0 Å². The van der Waals surface area contributed by atoms with E-state index < -0.39 is 0 Å². The lowest BCUT2D eigenvalue weighted by Gasteiger charge is -2.22. The van der Waals surface area contributed by atoms with Gasteiger partial charge in [0.2, 0.25) is 0 Å². The van der Waals surface area contributed by atoms with Crippen molar-refractivity contribution in [2.45, 2.75) is 64.3 Å². The maximum atomic E-state index is 5.35. The van der Waals surface area contributed by atoms with Crippen LogP contribution in [0.1, 0.15) is 58.3 Å². The molecule has 0 spiro atoms. The number of hydrogen-bond donors (Lipinski definition) is 2. The summed E-state index contributed by atoms with van der Waals surface area (Å²) in [6.07, 6.45) is 10.8. The summed E-state index contributed by atoms with van der Waals surface area (Å²) in [5.41, 5.74) is 0. The second-order valence-corrected chi connectivity index (χ2v) is 6.45. The molecule has 2 aliphatic rings. The lowest BCUT2D eigenvalue weighted by molar-refractivity contribution is 0.143. The lowest BCUT2D eigenvalue weighted by atomic mass is 9.85. The average molecular weight is 423 g/mol. The summed E-state index contributed by atoms with van der Waals surface area (Å²) in [5.74, 6) is 2.86. The molecule has 2 fully saturated rings. The minimum Gasteiger partial charge on any atom is -0.382 e. The Hall–Kier alpha value is -0.0400. The number of hydrogen-bond acceptors (Lipinski definition) is 2. The van der Waals surface area contributed by atoms with Crippen LogP contribution in [0.4, 0.5) is 0 Å². The number of halogens is 1. The van der Waals surface area contributed by atoms with E-state index in [2.05, 4.69) is 15.6 Å². The summed E-state index contributed by atoms with van der Waals surface area (Å²) in [5, 5.41) is 7.02. The number of rotatable bonds is 8. The fraction of sp³-hybridized carbons (Fsp3) is 0.941. The molecule has 0 saturated heterocycles. The Morgan fingerprint density at radius 2 is 1.95 bits per heavy atom. The number of nitrogens with zero attached hydrogens (tertiary/aromatic N) is 1. The van der Waals surface area contributed by atoms with E-state index in [-0.39, 0.29) is 24.0 Å². The van der Waals surface area contributed by atoms with Crippen molar-refractivity contribution in [2.24, 2.45) is 16.8 Å². The Bertz CT molecular complexity index is 319. The average Bonchev–Trinajstić information content (AvgIpc) is 3.29. The molecular weight excluding hydrogens is 389 g/mol. The number of unbranched alkanes of at least 4 members (excludes halogenated alkanes) is 1. The van der Waals surface area contributed by atoms with E-state index >= 15 is 0 Å². The van der Waals surface area contributed by atoms with E-state index in [4.69, 9.17) is 4.74 Å². The van der Waals surface area contributed by atoms with Crippen LogP contribution in [0.25, 0.3) is 0 Å². The van der Waals surface area contributed by atoms with E-state index in [1.165, 1.54) is 38.5 Å². The molecule has 2 atom stereocenters. The topological polar surface area (TPSA) is 45.6 Å². The van der Waals surface area contributed by atoms with E-state index in [1.807, 2.05) is 14.0 Å². The largest absolute Gasteiger partial charge is 0.382 e. The van der Waals surface area contributed by atoms with Gasteiger partial charge in [-0.15, -0.1) is 24.0 Å². The monoisotopic (exact) mass is 423 g/mol. The number of ether oxygens (including phenoxy) is 1. The molecule has 2 N–H and O–H groups in total. The molecule has 2 saturated carbocycles. The van der Waals surface area contributed by atoms with E-state index in [9.17, 15) is 0 Å². The summed E-state index contributed by atoms with van der Waals surface area (Å²) >= 11 is 0. The standard InChI is InChI=1S/C17H33N3O.HI/c1-3-21-12-8-7-11-19-17(18-2)20-16-13-15(16)14-9-5-4-6-10-14;/h14-16H,3-13H2,1-2H3,(H2,18,19,20);1H. The van der Waals surface area contributed by atoms with Gasteiger partial charge in [-0.25, -0.2) is 0 Å². The molecule has 5 heteroatoms. The van der Waals surface area contributed by atoms with Crippen LogP contribution in [0.3, 0.4) is 0 Å². The zero-order chi connectivity index (χ0) is 14.9. The van der Waals surface area contributed by atoms with Crippen LogP contribution in [0.2, 0.25) is 0 Å². The fourth-order valence-corrected chi connectivity index (χ4v) is 3.51. The van der Waals surface area contributed by atoms with Crippen molar-refractivity contribution in [2.75, 3.05) is 26.8 Å². The highest BCUT2D eigenvalue weighted by molar-refractivity contribution is 14.0. The van der Waals surface area contributed by atoms with Gasteiger partial charge in [0.1, 0.15) is 0 Å². The minimum atomic E-state index is 0. The molecular formula is C17H34IN3O. The SMILES string of the molecule is CCOCCCCNC(=NC)NC1CC1C1CCCCC1.I. The van der Waals surface area contributed by atoms with Crippen molar-refractivity contribution < 1.29 is 4.74 Å². The van der Waals surface area contributed by atoms with Crippen molar-refractivity contribution >= 4 is 29.9 Å². The molecule has 22 heavy (non-hydrogen) atoms. The predicted octanol–water partition coefficient (Wildman–Crippen LogP) is 3.55. The van der Waals surface area contributed by atoms with Crippen LogP contribution in [0.15, 0.2) is 4.99 Å². The summed E-state index contributed by atoms with van der Waals surface area (Å²) in [7, 11) is 1.87. The predicted molar refractivity (Wildman–Crippen MR) is 104 cm³/mol. The van der Waals surface area contributed by atoms with Gasteiger partial charge in [0, 0.05) is 32.8 Å². The second-order valence-electron chi connectivity index (χ2n) is 6.45. The van der Waals surface area contributed by atoms with E-state index in [0.717, 1.165) is 50.4 Å². The molecule has 0 bridgehead atoms.